The third kappa shape index (κ3) is 1.96. The highest BCUT2D eigenvalue weighted by molar-refractivity contribution is 9.10. The summed E-state index contributed by atoms with van der Waals surface area (Å²) in [5, 5.41) is 0. The van der Waals surface area contributed by atoms with E-state index in [2.05, 4.69) is 47.1 Å². The van der Waals surface area contributed by atoms with Crippen LogP contribution in [0.15, 0.2) is 28.7 Å². The van der Waals surface area contributed by atoms with Crippen LogP contribution in [0.25, 0.3) is 0 Å². The number of benzene rings is 1. The van der Waals surface area contributed by atoms with Gasteiger partial charge in [-0.25, -0.2) is 0 Å². The van der Waals surface area contributed by atoms with Crippen LogP contribution >= 0.6 is 15.9 Å². The fourth-order valence-corrected chi connectivity index (χ4v) is 4.42. The van der Waals surface area contributed by atoms with Gasteiger partial charge in [0.1, 0.15) is 0 Å². The third-order valence-corrected chi connectivity index (χ3v) is 5.45. The van der Waals surface area contributed by atoms with Crippen LogP contribution in [0.1, 0.15) is 38.2 Å². The minimum atomic E-state index is -0.163. The van der Waals surface area contributed by atoms with Gasteiger partial charge in [0.2, 0.25) is 0 Å². The number of rotatable bonds is 2. The monoisotopic (exact) mass is 293 g/mol. The lowest BCUT2D eigenvalue weighted by Crippen LogP contribution is -2.43. The molecule has 4 unspecified atom stereocenters. The van der Waals surface area contributed by atoms with Crippen molar-refractivity contribution in [3.8, 4) is 0 Å². The molecule has 17 heavy (non-hydrogen) atoms. The molecule has 2 heteroatoms. The topological polar surface area (TPSA) is 26.0 Å². The number of hydrogen-bond acceptors (Lipinski definition) is 1. The SMILES string of the molecule is CC(N)(c1cccc(Br)c1)C1CC2CCC1C2. The van der Waals surface area contributed by atoms with Crippen molar-refractivity contribution in [1.29, 1.82) is 0 Å². The molecule has 0 aromatic heterocycles. The first kappa shape index (κ1) is 11.7. The molecule has 92 valence electrons. The van der Waals surface area contributed by atoms with E-state index in [0.717, 1.165) is 16.3 Å². The Labute approximate surface area is 112 Å². The Morgan fingerprint density at radius 3 is 2.71 bits per heavy atom. The lowest BCUT2D eigenvalue weighted by atomic mass is 9.72. The maximum Gasteiger partial charge on any atom is 0.0412 e. The highest BCUT2D eigenvalue weighted by Crippen LogP contribution is 2.53. The summed E-state index contributed by atoms with van der Waals surface area (Å²) >= 11 is 3.55. The van der Waals surface area contributed by atoms with Gasteiger partial charge in [0.25, 0.3) is 0 Å². The summed E-state index contributed by atoms with van der Waals surface area (Å²) in [5.74, 6) is 2.50. The van der Waals surface area contributed by atoms with Crippen molar-refractivity contribution in [2.45, 2.75) is 38.1 Å². The first-order chi connectivity index (χ1) is 8.07. The molecule has 0 heterocycles. The van der Waals surface area contributed by atoms with Crippen LogP contribution in [-0.2, 0) is 5.54 Å². The van der Waals surface area contributed by atoms with Crippen molar-refractivity contribution >= 4 is 15.9 Å². The van der Waals surface area contributed by atoms with Crippen LogP contribution in [0.2, 0.25) is 0 Å². The average molecular weight is 294 g/mol. The Morgan fingerprint density at radius 2 is 2.12 bits per heavy atom. The van der Waals surface area contributed by atoms with E-state index in [1.165, 1.54) is 31.2 Å². The zero-order chi connectivity index (χ0) is 12.0. The van der Waals surface area contributed by atoms with Crippen molar-refractivity contribution in [3.63, 3.8) is 0 Å². The van der Waals surface area contributed by atoms with Gasteiger partial charge < -0.3 is 5.73 Å². The molecule has 0 amide bonds. The van der Waals surface area contributed by atoms with E-state index in [9.17, 15) is 0 Å². The summed E-state index contributed by atoms with van der Waals surface area (Å²) in [7, 11) is 0. The second-order valence-corrected chi connectivity index (χ2v) is 6.99. The van der Waals surface area contributed by atoms with Gasteiger partial charge in [-0.1, -0.05) is 34.5 Å². The molecule has 2 aliphatic rings. The van der Waals surface area contributed by atoms with E-state index >= 15 is 0 Å². The van der Waals surface area contributed by atoms with Crippen LogP contribution in [0.4, 0.5) is 0 Å². The Balaban J connectivity index is 1.90. The zero-order valence-electron chi connectivity index (χ0n) is 10.3. The zero-order valence-corrected chi connectivity index (χ0v) is 11.9. The summed E-state index contributed by atoms with van der Waals surface area (Å²) in [5.41, 5.74) is 7.80. The van der Waals surface area contributed by atoms with Crippen molar-refractivity contribution < 1.29 is 0 Å². The molecule has 1 nitrogen and oxygen atoms in total. The van der Waals surface area contributed by atoms with Gasteiger partial charge in [-0.15, -0.1) is 0 Å². The van der Waals surface area contributed by atoms with Gasteiger partial charge in [0.15, 0.2) is 0 Å². The van der Waals surface area contributed by atoms with E-state index < -0.39 is 0 Å². The van der Waals surface area contributed by atoms with E-state index in [1.807, 2.05) is 0 Å². The van der Waals surface area contributed by atoms with Crippen LogP contribution in [-0.4, -0.2) is 0 Å². The van der Waals surface area contributed by atoms with E-state index in [1.54, 1.807) is 0 Å². The van der Waals surface area contributed by atoms with Crippen molar-refractivity contribution in [1.82, 2.24) is 0 Å². The predicted octanol–water partition coefficient (Wildman–Crippen LogP) is 4.06. The number of halogens is 1. The van der Waals surface area contributed by atoms with Gasteiger partial charge in [0.05, 0.1) is 0 Å². The molecule has 3 rings (SSSR count). The largest absolute Gasteiger partial charge is 0.321 e. The van der Waals surface area contributed by atoms with Gasteiger partial charge in [-0.2, -0.15) is 0 Å². The molecule has 0 saturated heterocycles. The standard InChI is InChI=1S/C15H20BrN/c1-15(17,12-3-2-4-13(16)9-12)14-8-10-5-6-11(14)7-10/h2-4,9-11,14H,5-8,17H2,1H3. The fourth-order valence-electron chi connectivity index (χ4n) is 4.02. The normalized spacial score (nSPS) is 34.9. The lowest BCUT2D eigenvalue weighted by Gasteiger charge is -2.37. The Morgan fingerprint density at radius 1 is 1.29 bits per heavy atom. The van der Waals surface area contributed by atoms with Crippen LogP contribution < -0.4 is 5.73 Å². The number of hydrogen-bond donors (Lipinski definition) is 1. The summed E-state index contributed by atoms with van der Waals surface area (Å²) < 4.78 is 1.13. The molecule has 0 radical (unpaired) electrons. The van der Waals surface area contributed by atoms with E-state index in [4.69, 9.17) is 5.73 Å². The number of fused-ring (bicyclic) bond motifs is 2. The smallest absolute Gasteiger partial charge is 0.0412 e. The average Bonchev–Trinajstić information content (AvgIpc) is 2.91. The summed E-state index contributed by atoms with van der Waals surface area (Å²) in [6.45, 7) is 2.22. The minimum absolute atomic E-state index is 0.163. The van der Waals surface area contributed by atoms with Crippen LogP contribution in [0, 0.1) is 17.8 Å². The maximum atomic E-state index is 6.68. The molecule has 2 aliphatic carbocycles. The maximum absolute atomic E-state index is 6.68. The predicted molar refractivity (Wildman–Crippen MR) is 74.6 cm³/mol. The fraction of sp³-hybridized carbons (Fsp3) is 0.600. The molecule has 1 aromatic carbocycles. The first-order valence-electron chi connectivity index (χ1n) is 6.62. The number of nitrogens with two attached hydrogens (primary N) is 1. The van der Waals surface area contributed by atoms with Gasteiger partial charge >= 0.3 is 0 Å². The molecule has 2 bridgehead atoms. The first-order valence-corrected chi connectivity index (χ1v) is 7.41. The molecule has 2 saturated carbocycles. The summed E-state index contributed by atoms with van der Waals surface area (Å²) in [6, 6.07) is 8.53. The molecule has 2 fully saturated rings. The summed E-state index contributed by atoms with van der Waals surface area (Å²) in [4.78, 5) is 0. The lowest BCUT2D eigenvalue weighted by molar-refractivity contribution is 0.204. The highest BCUT2D eigenvalue weighted by Gasteiger charge is 2.47. The third-order valence-electron chi connectivity index (χ3n) is 4.95. The molecule has 2 N–H and O–H groups in total. The van der Waals surface area contributed by atoms with Crippen LogP contribution in [0.3, 0.4) is 0 Å². The highest BCUT2D eigenvalue weighted by atomic mass is 79.9. The van der Waals surface area contributed by atoms with Gasteiger partial charge in [0, 0.05) is 10.0 Å². The van der Waals surface area contributed by atoms with Crippen molar-refractivity contribution in [2.24, 2.45) is 23.5 Å². The Kier molecular flexibility index (Phi) is 2.83. The van der Waals surface area contributed by atoms with Crippen molar-refractivity contribution in [2.75, 3.05) is 0 Å². The molecule has 4 atom stereocenters. The van der Waals surface area contributed by atoms with E-state index in [-0.39, 0.29) is 5.54 Å². The Hall–Kier alpha value is -0.340. The summed E-state index contributed by atoms with van der Waals surface area (Å²) in [6.07, 6.45) is 5.60. The molecular weight excluding hydrogens is 274 g/mol. The molecule has 0 spiro atoms. The minimum Gasteiger partial charge on any atom is -0.321 e. The van der Waals surface area contributed by atoms with Crippen LogP contribution in [0.5, 0.6) is 0 Å². The second-order valence-electron chi connectivity index (χ2n) is 6.07. The Bertz CT molecular complexity index is 427. The second kappa shape index (κ2) is 4.10. The van der Waals surface area contributed by atoms with E-state index in [0.29, 0.717) is 5.92 Å². The quantitative estimate of drug-likeness (QED) is 0.874. The van der Waals surface area contributed by atoms with Gasteiger partial charge in [-0.05, 0) is 61.6 Å². The van der Waals surface area contributed by atoms with Gasteiger partial charge in [-0.3, -0.25) is 0 Å². The molecule has 0 aliphatic heterocycles. The van der Waals surface area contributed by atoms with Crippen molar-refractivity contribution in [3.05, 3.63) is 34.3 Å². The molecular formula is C15H20BrN. The molecule has 1 aromatic rings.